The summed E-state index contributed by atoms with van der Waals surface area (Å²) in [6.07, 6.45) is 5.11. The van der Waals surface area contributed by atoms with Crippen LogP contribution in [0.3, 0.4) is 0 Å². The van der Waals surface area contributed by atoms with E-state index in [-0.39, 0.29) is 0 Å². The van der Waals surface area contributed by atoms with E-state index in [1.807, 2.05) is 12.1 Å². The van der Waals surface area contributed by atoms with Gasteiger partial charge in [0.1, 0.15) is 0 Å². The molecule has 2 rings (SSSR count). The summed E-state index contributed by atoms with van der Waals surface area (Å²) in [5, 5.41) is 0. The molecule has 1 aromatic carbocycles. The maximum atomic E-state index is 12.1. The minimum Gasteiger partial charge on any atom is -0.299 e. The third-order valence-electron chi connectivity index (χ3n) is 3.78. The highest BCUT2D eigenvalue weighted by atomic mass is 32.2. The van der Waals surface area contributed by atoms with Crippen molar-refractivity contribution in [2.45, 2.75) is 37.1 Å². The Hall–Kier alpha value is -0.910. The molecule has 0 N–H and O–H groups in total. The second kappa shape index (κ2) is 6.70. The van der Waals surface area contributed by atoms with Gasteiger partial charge in [0.15, 0.2) is 0 Å². The van der Waals surface area contributed by atoms with Crippen LogP contribution in [0.15, 0.2) is 29.2 Å². The summed E-state index contributed by atoms with van der Waals surface area (Å²) < 4.78 is 25.5. The summed E-state index contributed by atoms with van der Waals surface area (Å²) >= 11 is 0. The van der Waals surface area contributed by atoms with Gasteiger partial charge in [-0.2, -0.15) is 0 Å². The Labute approximate surface area is 122 Å². The lowest BCUT2D eigenvalue weighted by Crippen LogP contribution is -2.25. The van der Waals surface area contributed by atoms with Crippen molar-refractivity contribution in [1.82, 2.24) is 9.21 Å². The largest absolute Gasteiger partial charge is 0.299 e. The molecule has 1 aliphatic rings. The quantitative estimate of drug-likeness (QED) is 0.856. The van der Waals surface area contributed by atoms with Crippen LogP contribution in [0.1, 0.15) is 31.2 Å². The predicted molar refractivity (Wildman–Crippen MR) is 81.1 cm³/mol. The van der Waals surface area contributed by atoms with Crippen LogP contribution < -0.4 is 0 Å². The first-order valence-corrected chi connectivity index (χ1v) is 8.68. The van der Waals surface area contributed by atoms with E-state index < -0.39 is 10.0 Å². The van der Waals surface area contributed by atoms with Crippen molar-refractivity contribution in [2.24, 2.45) is 0 Å². The van der Waals surface area contributed by atoms with Gasteiger partial charge in [0.2, 0.25) is 10.0 Å². The van der Waals surface area contributed by atoms with E-state index in [0.29, 0.717) is 4.90 Å². The van der Waals surface area contributed by atoms with Crippen molar-refractivity contribution in [1.29, 1.82) is 0 Å². The predicted octanol–water partition coefficient (Wildman–Crippen LogP) is 2.31. The number of rotatable bonds is 4. The fourth-order valence-corrected chi connectivity index (χ4v) is 3.54. The molecule has 0 bridgehead atoms. The summed E-state index contributed by atoms with van der Waals surface area (Å²) in [7, 11) is -0.200. The van der Waals surface area contributed by atoms with Crippen LogP contribution in [0.2, 0.25) is 0 Å². The molecule has 20 heavy (non-hydrogen) atoms. The minimum absolute atomic E-state index is 0.384. The molecule has 4 nitrogen and oxygen atoms in total. The third-order valence-corrected chi connectivity index (χ3v) is 5.59. The molecule has 1 aromatic rings. The Morgan fingerprint density at radius 2 is 1.75 bits per heavy atom. The molecular weight excluding hydrogens is 272 g/mol. The molecule has 1 heterocycles. The van der Waals surface area contributed by atoms with Crippen LogP contribution in [0.4, 0.5) is 0 Å². The maximum absolute atomic E-state index is 12.1. The molecule has 0 aromatic heterocycles. The molecule has 0 aliphatic carbocycles. The average Bonchev–Trinajstić information content (AvgIpc) is 2.67. The van der Waals surface area contributed by atoms with E-state index in [9.17, 15) is 8.42 Å². The zero-order valence-electron chi connectivity index (χ0n) is 12.4. The van der Waals surface area contributed by atoms with Gasteiger partial charge in [0.05, 0.1) is 4.90 Å². The second-order valence-electron chi connectivity index (χ2n) is 5.63. The van der Waals surface area contributed by atoms with Crippen molar-refractivity contribution < 1.29 is 8.42 Å². The number of likely N-dealkylation sites (tertiary alicyclic amines) is 1. The van der Waals surface area contributed by atoms with Crippen LogP contribution in [0.25, 0.3) is 0 Å². The van der Waals surface area contributed by atoms with E-state index in [0.717, 1.165) is 25.2 Å². The summed E-state index contributed by atoms with van der Waals surface area (Å²) in [5.74, 6) is 0. The van der Waals surface area contributed by atoms with E-state index >= 15 is 0 Å². The van der Waals surface area contributed by atoms with Crippen LogP contribution in [0, 0.1) is 0 Å². The SMILES string of the molecule is CN(C)S(=O)(=O)c1cccc(CN2CCCCCC2)c1. The zero-order chi connectivity index (χ0) is 14.6. The standard InChI is InChI=1S/C15H24N2O2S/c1-16(2)20(18,19)15-9-7-8-14(12-15)13-17-10-5-3-4-6-11-17/h7-9,12H,3-6,10-11,13H2,1-2H3. The minimum atomic E-state index is -3.33. The van der Waals surface area contributed by atoms with Gasteiger partial charge in [0.25, 0.3) is 0 Å². The molecular formula is C15H24N2O2S. The van der Waals surface area contributed by atoms with Gasteiger partial charge in [0, 0.05) is 20.6 Å². The van der Waals surface area contributed by atoms with Gasteiger partial charge >= 0.3 is 0 Å². The lowest BCUT2D eigenvalue weighted by Gasteiger charge is -2.20. The first-order chi connectivity index (χ1) is 9.50. The smallest absolute Gasteiger partial charge is 0.242 e. The summed E-state index contributed by atoms with van der Waals surface area (Å²) in [6, 6.07) is 7.32. The monoisotopic (exact) mass is 296 g/mol. The molecule has 1 aliphatic heterocycles. The fourth-order valence-electron chi connectivity index (χ4n) is 2.57. The fraction of sp³-hybridized carbons (Fsp3) is 0.600. The maximum Gasteiger partial charge on any atom is 0.242 e. The Morgan fingerprint density at radius 3 is 2.35 bits per heavy atom. The molecule has 1 saturated heterocycles. The first-order valence-electron chi connectivity index (χ1n) is 7.24. The third kappa shape index (κ3) is 3.81. The van der Waals surface area contributed by atoms with Crippen molar-refractivity contribution in [3.05, 3.63) is 29.8 Å². The summed E-state index contributed by atoms with van der Waals surface area (Å²) in [4.78, 5) is 2.81. The molecule has 5 heteroatoms. The van der Waals surface area contributed by atoms with Crippen molar-refractivity contribution in [3.8, 4) is 0 Å². The lowest BCUT2D eigenvalue weighted by atomic mass is 10.2. The van der Waals surface area contributed by atoms with E-state index in [1.54, 1.807) is 26.2 Å². The number of benzene rings is 1. The summed E-state index contributed by atoms with van der Waals surface area (Å²) in [5.41, 5.74) is 1.08. The van der Waals surface area contributed by atoms with Gasteiger partial charge in [-0.25, -0.2) is 12.7 Å². The topological polar surface area (TPSA) is 40.6 Å². The molecule has 0 atom stereocenters. The molecule has 0 saturated carbocycles. The highest BCUT2D eigenvalue weighted by Crippen LogP contribution is 2.18. The van der Waals surface area contributed by atoms with Gasteiger partial charge in [-0.1, -0.05) is 25.0 Å². The van der Waals surface area contributed by atoms with Crippen LogP contribution >= 0.6 is 0 Å². The number of nitrogens with zero attached hydrogens (tertiary/aromatic N) is 2. The van der Waals surface area contributed by atoms with Crippen molar-refractivity contribution in [2.75, 3.05) is 27.2 Å². The Kier molecular flexibility index (Phi) is 5.18. The molecule has 0 amide bonds. The Bertz CT molecular complexity index is 533. The van der Waals surface area contributed by atoms with Gasteiger partial charge < -0.3 is 0 Å². The molecule has 112 valence electrons. The second-order valence-corrected chi connectivity index (χ2v) is 7.78. The molecule has 0 unspecified atom stereocenters. The lowest BCUT2D eigenvalue weighted by molar-refractivity contribution is 0.277. The van der Waals surface area contributed by atoms with E-state index in [1.165, 1.54) is 30.0 Å². The Morgan fingerprint density at radius 1 is 1.10 bits per heavy atom. The number of sulfonamides is 1. The first kappa shape index (κ1) is 15.5. The summed E-state index contributed by atoms with van der Waals surface area (Å²) in [6.45, 7) is 3.08. The van der Waals surface area contributed by atoms with Crippen LogP contribution in [-0.4, -0.2) is 44.8 Å². The van der Waals surface area contributed by atoms with Gasteiger partial charge in [-0.05, 0) is 43.6 Å². The number of hydrogen-bond donors (Lipinski definition) is 0. The van der Waals surface area contributed by atoms with Crippen LogP contribution in [-0.2, 0) is 16.6 Å². The highest BCUT2D eigenvalue weighted by molar-refractivity contribution is 7.89. The zero-order valence-corrected chi connectivity index (χ0v) is 13.2. The molecule has 0 spiro atoms. The molecule has 0 radical (unpaired) electrons. The highest BCUT2D eigenvalue weighted by Gasteiger charge is 2.18. The average molecular weight is 296 g/mol. The van der Waals surface area contributed by atoms with Gasteiger partial charge in [-0.15, -0.1) is 0 Å². The van der Waals surface area contributed by atoms with Crippen molar-refractivity contribution in [3.63, 3.8) is 0 Å². The Balaban J connectivity index is 2.13. The van der Waals surface area contributed by atoms with Crippen molar-refractivity contribution >= 4 is 10.0 Å². The normalized spacial score (nSPS) is 18.1. The van der Waals surface area contributed by atoms with Crippen LogP contribution in [0.5, 0.6) is 0 Å². The van der Waals surface area contributed by atoms with Gasteiger partial charge in [-0.3, -0.25) is 4.90 Å². The van der Waals surface area contributed by atoms with E-state index in [4.69, 9.17) is 0 Å². The number of hydrogen-bond acceptors (Lipinski definition) is 3. The van der Waals surface area contributed by atoms with E-state index in [2.05, 4.69) is 4.90 Å². The molecule has 1 fully saturated rings.